The molecule has 1 aliphatic carbocycles. The predicted octanol–water partition coefficient (Wildman–Crippen LogP) is 4.37. The van der Waals surface area contributed by atoms with Crippen LogP contribution in [0, 0.1) is 11.3 Å². The lowest BCUT2D eigenvalue weighted by Crippen LogP contribution is -2.27. The number of rotatable bonds is 6. The van der Waals surface area contributed by atoms with Gasteiger partial charge in [0.2, 0.25) is 5.88 Å². The number of aromatic amines is 1. The first-order chi connectivity index (χ1) is 15.1. The fourth-order valence-electron chi connectivity index (χ4n) is 3.43. The summed E-state index contributed by atoms with van der Waals surface area (Å²) >= 11 is 1.38. The van der Waals surface area contributed by atoms with Gasteiger partial charge in [0.25, 0.3) is 5.91 Å². The lowest BCUT2D eigenvalue weighted by Gasteiger charge is -2.18. The number of hydrogen-bond acceptors (Lipinski definition) is 6. The Morgan fingerprint density at radius 1 is 1.35 bits per heavy atom. The molecule has 0 radical (unpaired) electrons. The second-order valence-corrected chi connectivity index (χ2v) is 8.50. The van der Waals surface area contributed by atoms with E-state index in [1.165, 1.54) is 11.3 Å². The van der Waals surface area contributed by atoms with Crippen LogP contribution in [0.5, 0.6) is 5.88 Å². The number of carbonyl (C=O) groups excluding carboxylic acids is 1. The van der Waals surface area contributed by atoms with E-state index < -0.39 is 0 Å². The van der Waals surface area contributed by atoms with Gasteiger partial charge in [0.05, 0.1) is 11.7 Å². The number of fused-ring (bicyclic) bond motifs is 1. The Morgan fingerprint density at radius 3 is 3.00 bits per heavy atom. The number of carbonyl (C=O) groups is 1. The van der Waals surface area contributed by atoms with Gasteiger partial charge in [-0.1, -0.05) is 18.2 Å². The number of amides is 1. The lowest BCUT2D eigenvalue weighted by atomic mass is 10.1. The highest BCUT2D eigenvalue weighted by Crippen LogP contribution is 2.35. The van der Waals surface area contributed by atoms with E-state index in [2.05, 4.69) is 21.3 Å². The molecular weight excluding hydrogens is 410 g/mol. The topological polar surface area (TPSA) is 94.9 Å². The van der Waals surface area contributed by atoms with Gasteiger partial charge in [0.15, 0.2) is 0 Å². The average molecular weight is 430 g/mol. The Labute approximate surface area is 182 Å². The molecule has 1 aromatic carbocycles. The van der Waals surface area contributed by atoms with E-state index in [0.29, 0.717) is 23.0 Å². The van der Waals surface area contributed by atoms with E-state index >= 15 is 0 Å². The van der Waals surface area contributed by atoms with E-state index in [1.807, 2.05) is 35.7 Å². The number of nitriles is 1. The van der Waals surface area contributed by atoms with Gasteiger partial charge in [-0.3, -0.25) is 9.89 Å². The molecule has 0 unspecified atom stereocenters. The van der Waals surface area contributed by atoms with Gasteiger partial charge in [-0.2, -0.15) is 10.4 Å². The molecular formula is C23H19N5O2S. The standard InChI is InChI=1S/C23H19N5O2S/c1-28(12-15-4-2-3-14-11-25-27-21(14)15)23(29)20-8-7-19(16-9-18(10-24)31-13-16)22(26-20)30-17-5-6-17/h2-4,7-9,11,13,17H,5-6,12H2,1H3,(H,25,27). The summed E-state index contributed by atoms with van der Waals surface area (Å²) in [5.41, 5.74) is 3.91. The second kappa shape index (κ2) is 7.85. The van der Waals surface area contributed by atoms with Gasteiger partial charge in [0.1, 0.15) is 22.7 Å². The number of nitrogens with one attached hydrogen (secondary N) is 1. The van der Waals surface area contributed by atoms with Crippen LogP contribution in [-0.4, -0.2) is 39.1 Å². The van der Waals surface area contributed by atoms with Crippen molar-refractivity contribution in [2.45, 2.75) is 25.5 Å². The fourth-order valence-corrected chi connectivity index (χ4v) is 4.13. The molecule has 1 N–H and O–H groups in total. The number of thiophene rings is 1. The number of nitrogens with zero attached hydrogens (tertiary/aromatic N) is 4. The van der Waals surface area contributed by atoms with Crippen molar-refractivity contribution in [3.05, 3.63) is 64.1 Å². The molecule has 3 heterocycles. The molecule has 8 heteroatoms. The molecule has 4 aromatic rings. The van der Waals surface area contributed by atoms with Crippen molar-refractivity contribution in [3.63, 3.8) is 0 Å². The summed E-state index contributed by atoms with van der Waals surface area (Å²) < 4.78 is 6.02. The summed E-state index contributed by atoms with van der Waals surface area (Å²) in [6.07, 6.45) is 3.88. The summed E-state index contributed by atoms with van der Waals surface area (Å²) in [4.78, 5) is 19.9. The molecule has 0 spiro atoms. The SMILES string of the molecule is CN(Cc1cccc2cn[nH]c12)C(=O)c1ccc(-c2csc(C#N)c2)c(OC2CC2)n1. The first kappa shape index (κ1) is 19.3. The molecule has 1 saturated carbocycles. The van der Waals surface area contributed by atoms with Gasteiger partial charge in [-0.05, 0) is 42.2 Å². The van der Waals surface area contributed by atoms with Crippen LogP contribution in [0.4, 0.5) is 0 Å². The van der Waals surface area contributed by atoms with Crippen LogP contribution in [0.3, 0.4) is 0 Å². The minimum atomic E-state index is -0.188. The maximum Gasteiger partial charge on any atom is 0.272 e. The van der Waals surface area contributed by atoms with E-state index in [1.54, 1.807) is 24.2 Å². The Balaban J connectivity index is 1.42. The Bertz CT molecular complexity index is 1320. The van der Waals surface area contributed by atoms with E-state index in [-0.39, 0.29) is 12.0 Å². The van der Waals surface area contributed by atoms with E-state index in [4.69, 9.17) is 10.00 Å². The summed E-state index contributed by atoms with van der Waals surface area (Å²) in [6.45, 7) is 0.427. The van der Waals surface area contributed by atoms with Gasteiger partial charge in [-0.15, -0.1) is 11.3 Å². The molecule has 1 fully saturated rings. The van der Waals surface area contributed by atoms with Crippen LogP contribution in [0.25, 0.3) is 22.0 Å². The van der Waals surface area contributed by atoms with Crippen molar-refractivity contribution >= 4 is 28.1 Å². The summed E-state index contributed by atoms with van der Waals surface area (Å²) in [5.74, 6) is 0.256. The number of aromatic nitrogens is 3. The molecule has 0 aliphatic heterocycles. The zero-order valence-corrected chi connectivity index (χ0v) is 17.6. The van der Waals surface area contributed by atoms with Crippen molar-refractivity contribution < 1.29 is 9.53 Å². The van der Waals surface area contributed by atoms with Crippen molar-refractivity contribution in [3.8, 4) is 23.1 Å². The van der Waals surface area contributed by atoms with Gasteiger partial charge in [0, 0.05) is 29.9 Å². The molecule has 5 rings (SSSR count). The Kier molecular flexibility index (Phi) is 4.88. The molecule has 1 aliphatic rings. The maximum absolute atomic E-state index is 13.1. The normalized spacial score (nSPS) is 13.2. The van der Waals surface area contributed by atoms with E-state index in [0.717, 1.165) is 40.4 Å². The van der Waals surface area contributed by atoms with Crippen molar-refractivity contribution in [1.29, 1.82) is 5.26 Å². The Morgan fingerprint density at radius 2 is 2.23 bits per heavy atom. The molecule has 0 bridgehead atoms. The van der Waals surface area contributed by atoms with Crippen molar-refractivity contribution in [2.24, 2.45) is 0 Å². The zero-order chi connectivity index (χ0) is 21.4. The van der Waals surface area contributed by atoms with Crippen LogP contribution < -0.4 is 4.74 Å². The minimum absolute atomic E-state index is 0.140. The summed E-state index contributed by atoms with van der Waals surface area (Å²) in [6, 6.07) is 13.5. The lowest BCUT2D eigenvalue weighted by molar-refractivity contribution is 0.0778. The van der Waals surface area contributed by atoms with Crippen LogP contribution in [0.1, 0.15) is 33.8 Å². The molecule has 3 aromatic heterocycles. The van der Waals surface area contributed by atoms with Crippen molar-refractivity contribution in [1.82, 2.24) is 20.1 Å². The van der Waals surface area contributed by atoms with Crippen LogP contribution in [0.2, 0.25) is 0 Å². The first-order valence-corrected chi connectivity index (χ1v) is 10.8. The second-order valence-electron chi connectivity index (χ2n) is 7.59. The minimum Gasteiger partial charge on any atom is -0.474 e. The molecule has 1 amide bonds. The highest BCUT2D eigenvalue weighted by Gasteiger charge is 2.27. The number of H-pyrrole nitrogens is 1. The third kappa shape index (κ3) is 3.88. The average Bonchev–Trinajstić information content (AvgIpc) is 3.27. The third-order valence-corrected chi connectivity index (χ3v) is 6.05. The third-order valence-electron chi connectivity index (χ3n) is 5.22. The number of pyridine rings is 1. The predicted molar refractivity (Wildman–Crippen MR) is 118 cm³/mol. The van der Waals surface area contributed by atoms with Gasteiger partial charge < -0.3 is 9.64 Å². The van der Waals surface area contributed by atoms with Gasteiger partial charge in [-0.25, -0.2) is 4.98 Å². The maximum atomic E-state index is 13.1. The number of para-hydroxylation sites is 1. The van der Waals surface area contributed by atoms with Crippen LogP contribution >= 0.6 is 11.3 Å². The molecule has 0 atom stereocenters. The first-order valence-electron chi connectivity index (χ1n) is 9.95. The van der Waals surface area contributed by atoms with Crippen LogP contribution in [0.15, 0.2) is 48.0 Å². The summed E-state index contributed by atoms with van der Waals surface area (Å²) in [7, 11) is 1.76. The highest BCUT2D eigenvalue weighted by atomic mass is 32.1. The zero-order valence-electron chi connectivity index (χ0n) is 16.8. The van der Waals surface area contributed by atoms with Gasteiger partial charge >= 0.3 is 0 Å². The number of ether oxygens (including phenoxy) is 1. The molecule has 31 heavy (non-hydrogen) atoms. The van der Waals surface area contributed by atoms with Crippen LogP contribution in [-0.2, 0) is 6.54 Å². The number of hydrogen-bond donors (Lipinski definition) is 1. The molecule has 154 valence electrons. The smallest absolute Gasteiger partial charge is 0.272 e. The quantitative estimate of drug-likeness (QED) is 0.491. The largest absolute Gasteiger partial charge is 0.474 e. The van der Waals surface area contributed by atoms with Crippen molar-refractivity contribution in [2.75, 3.05) is 7.05 Å². The monoisotopic (exact) mass is 429 g/mol. The highest BCUT2D eigenvalue weighted by molar-refractivity contribution is 7.10. The van der Waals surface area contributed by atoms with E-state index in [9.17, 15) is 4.79 Å². The molecule has 7 nitrogen and oxygen atoms in total. The summed E-state index contributed by atoms with van der Waals surface area (Å²) in [5, 5.41) is 19.1. The fraction of sp³-hybridized carbons (Fsp3) is 0.217. The number of benzene rings is 1. The Hall–Kier alpha value is -3.70. The molecule has 0 saturated heterocycles.